The molecule has 0 spiro atoms. The van der Waals surface area contributed by atoms with E-state index in [0.29, 0.717) is 31.7 Å². The monoisotopic (exact) mass is 511 g/mol. The molecule has 0 aliphatic rings. The van der Waals surface area contributed by atoms with Crippen LogP contribution in [0.25, 0.3) is 0 Å². The van der Waals surface area contributed by atoms with Crippen molar-refractivity contribution in [3.63, 3.8) is 0 Å². The predicted octanol–water partition coefficient (Wildman–Crippen LogP) is 5.49. The molecule has 30 heavy (non-hydrogen) atoms. The van der Waals surface area contributed by atoms with E-state index < -0.39 is 17.6 Å². The first kappa shape index (κ1) is 22.0. The lowest BCUT2D eigenvalue weighted by molar-refractivity contribution is -0.136. The van der Waals surface area contributed by atoms with Gasteiger partial charge in [-0.15, -0.1) is 0 Å². The highest BCUT2D eigenvalue weighted by atomic mass is 79.9. The summed E-state index contributed by atoms with van der Waals surface area (Å²) in [7, 11) is 0. The number of anilines is 1. The molecule has 2 N–H and O–H groups in total. The van der Waals surface area contributed by atoms with E-state index in [4.69, 9.17) is 27.6 Å². The van der Waals surface area contributed by atoms with E-state index in [9.17, 15) is 14.0 Å². The zero-order valence-electron chi connectivity index (χ0n) is 15.1. The number of benzene rings is 2. The van der Waals surface area contributed by atoms with E-state index in [-0.39, 0.29) is 12.2 Å². The predicted molar refractivity (Wildman–Crippen MR) is 117 cm³/mol. The Morgan fingerprint density at radius 3 is 2.50 bits per heavy atom. The molecule has 2 aromatic carbocycles. The fraction of sp³-hybridized carbons (Fsp3) is 0.0500. The second-order valence-corrected chi connectivity index (χ2v) is 7.74. The van der Waals surface area contributed by atoms with E-state index in [1.54, 1.807) is 18.2 Å². The summed E-state index contributed by atoms with van der Waals surface area (Å²) in [6.07, 6.45) is 1.35. The number of hydrogen-bond donors (Lipinski definition) is 2. The smallest absolute Gasteiger partial charge is 0.313 e. The van der Waals surface area contributed by atoms with Gasteiger partial charge in [0.2, 0.25) is 0 Å². The largest absolute Gasteiger partial charge is 0.458 e. The van der Waals surface area contributed by atoms with Crippen molar-refractivity contribution in [1.29, 1.82) is 0 Å². The van der Waals surface area contributed by atoms with Gasteiger partial charge >= 0.3 is 11.8 Å². The molecule has 2 amide bonds. The molecular formula is C20H13BrCl2FN3O3. The minimum Gasteiger partial charge on any atom is -0.458 e. The number of nitrogens with zero attached hydrogens (tertiary/aromatic N) is 1. The van der Waals surface area contributed by atoms with Crippen LogP contribution in [0.15, 0.2) is 62.4 Å². The van der Waals surface area contributed by atoms with Gasteiger partial charge in [-0.25, -0.2) is 9.38 Å². The van der Waals surface area contributed by atoms with E-state index >= 15 is 0 Å². The quantitative estimate of drug-likeness (QED) is 0.350. The Morgan fingerprint density at radius 1 is 1.07 bits per heavy atom. The van der Waals surface area contributed by atoms with Crippen LogP contribution in [0, 0.1) is 5.82 Å². The normalized spacial score (nSPS) is 10.9. The van der Waals surface area contributed by atoms with Crippen molar-refractivity contribution in [2.75, 3.05) is 5.32 Å². The van der Waals surface area contributed by atoms with Crippen LogP contribution in [0.4, 0.5) is 15.8 Å². The first-order valence-electron chi connectivity index (χ1n) is 8.43. The maximum Gasteiger partial charge on any atom is 0.313 e. The number of furan rings is 1. The third-order valence-corrected chi connectivity index (χ3v) is 4.60. The second kappa shape index (κ2) is 9.88. The number of nitrogens with one attached hydrogen (secondary N) is 2. The second-order valence-electron chi connectivity index (χ2n) is 5.95. The summed E-state index contributed by atoms with van der Waals surface area (Å²) in [4.78, 5) is 28.0. The van der Waals surface area contributed by atoms with Crippen molar-refractivity contribution in [1.82, 2.24) is 5.32 Å². The van der Waals surface area contributed by atoms with E-state index in [1.807, 2.05) is 0 Å². The van der Waals surface area contributed by atoms with Crippen LogP contribution in [-0.4, -0.2) is 18.0 Å². The van der Waals surface area contributed by atoms with Gasteiger partial charge in [-0.05, 0) is 48.5 Å². The Labute approximate surface area is 189 Å². The minimum atomic E-state index is -0.882. The minimum absolute atomic E-state index is 0.0248. The van der Waals surface area contributed by atoms with Crippen molar-refractivity contribution < 1.29 is 18.4 Å². The highest BCUT2D eigenvalue weighted by Crippen LogP contribution is 2.23. The summed E-state index contributed by atoms with van der Waals surface area (Å²) in [5.41, 5.74) is 0.451. The van der Waals surface area contributed by atoms with Gasteiger partial charge in [-0.2, -0.15) is 0 Å². The Morgan fingerprint density at radius 2 is 1.80 bits per heavy atom. The molecule has 0 unspecified atom stereocenters. The Bertz CT molecular complexity index is 1110. The lowest BCUT2D eigenvalue weighted by Gasteiger charge is -2.06. The lowest BCUT2D eigenvalue weighted by Crippen LogP contribution is -2.34. The third-order valence-electron chi connectivity index (χ3n) is 3.67. The summed E-state index contributed by atoms with van der Waals surface area (Å²) in [6, 6.07) is 12.1. The molecule has 1 aromatic heterocycles. The van der Waals surface area contributed by atoms with Crippen molar-refractivity contribution in [3.05, 3.63) is 80.4 Å². The van der Waals surface area contributed by atoms with Gasteiger partial charge < -0.3 is 15.1 Å². The molecule has 0 aliphatic carbocycles. The van der Waals surface area contributed by atoms with Gasteiger partial charge in [0.1, 0.15) is 17.3 Å². The fourth-order valence-electron chi connectivity index (χ4n) is 2.34. The maximum atomic E-state index is 13.8. The lowest BCUT2D eigenvalue weighted by atomic mass is 10.3. The Hall–Kier alpha value is -2.68. The summed E-state index contributed by atoms with van der Waals surface area (Å²) in [5.74, 6) is -1.48. The van der Waals surface area contributed by atoms with Gasteiger partial charge in [-0.3, -0.25) is 9.59 Å². The van der Waals surface area contributed by atoms with E-state index in [2.05, 4.69) is 31.6 Å². The Kier molecular flexibility index (Phi) is 7.25. The van der Waals surface area contributed by atoms with E-state index in [0.717, 1.165) is 0 Å². The number of halogens is 4. The van der Waals surface area contributed by atoms with Crippen LogP contribution in [0.5, 0.6) is 0 Å². The zero-order chi connectivity index (χ0) is 21.7. The maximum absolute atomic E-state index is 13.8. The van der Waals surface area contributed by atoms with Crippen LogP contribution in [0.2, 0.25) is 10.0 Å². The van der Waals surface area contributed by atoms with Gasteiger partial charge in [-0.1, -0.05) is 39.1 Å². The van der Waals surface area contributed by atoms with Crippen molar-refractivity contribution in [2.45, 2.75) is 6.54 Å². The van der Waals surface area contributed by atoms with Crippen LogP contribution in [0.1, 0.15) is 11.5 Å². The van der Waals surface area contributed by atoms with Gasteiger partial charge in [0.15, 0.2) is 0 Å². The molecule has 3 aromatic rings. The molecule has 0 aliphatic heterocycles. The molecule has 3 rings (SSSR count). The number of aliphatic imine (C=N–C) groups is 1. The molecule has 0 saturated carbocycles. The molecular weight excluding hydrogens is 500 g/mol. The molecule has 6 nitrogen and oxygen atoms in total. The molecule has 0 atom stereocenters. The molecule has 0 bridgehead atoms. The summed E-state index contributed by atoms with van der Waals surface area (Å²) in [6.45, 7) is -0.0248. The molecule has 0 radical (unpaired) electrons. The number of hydrogen-bond acceptors (Lipinski definition) is 4. The molecule has 1 heterocycles. The number of carbonyl (C=O) groups excluding carboxylic acids is 2. The van der Waals surface area contributed by atoms with Gasteiger partial charge in [0.05, 0.1) is 18.4 Å². The average Bonchev–Trinajstić information content (AvgIpc) is 3.12. The fourth-order valence-corrected chi connectivity index (χ4v) is 3.20. The zero-order valence-corrected chi connectivity index (χ0v) is 18.2. The molecule has 10 heteroatoms. The summed E-state index contributed by atoms with van der Waals surface area (Å²) in [5, 5.41) is 5.48. The van der Waals surface area contributed by atoms with Crippen LogP contribution in [0.3, 0.4) is 0 Å². The van der Waals surface area contributed by atoms with Crippen LogP contribution >= 0.6 is 39.1 Å². The summed E-state index contributed by atoms with van der Waals surface area (Å²) < 4.78 is 19.9. The molecule has 154 valence electrons. The first-order chi connectivity index (χ1) is 14.3. The summed E-state index contributed by atoms with van der Waals surface area (Å²) >= 11 is 14.9. The van der Waals surface area contributed by atoms with Gasteiger partial charge in [0, 0.05) is 20.2 Å². The topological polar surface area (TPSA) is 83.7 Å². The first-order valence-corrected chi connectivity index (χ1v) is 9.98. The van der Waals surface area contributed by atoms with Crippen molar-refractivity contribution in [3.8, 4) is 0 Å². The highest BCUT2D eigenvalue weighted by Gasteiger charge is 2.15. The standard InChI is InChI=1S/C20H13BrCl2FN3O3/c21-11-1-4-18(17(24)5-11)25-9-15-2-3-16(30-15)10-26-19(28)20(29)27-14-7-12(22)6-13(23)8-14/h1-9H,10H2,(H,26,28)(H,27,29). The van der Waals surface area contributed by atoms with Crippen LogP contribution in [-0.2, 0) is 16.1 Å². The highest BCUT2D eigenvalue weighted by molar-refractivity contribution is 9.10. The van der Waals surface area contributed by atoms with Crippen molar-refractivity contribution >= 4 is 68.5 Å². The van der Waals surface area contributed by atoms with Crippen molar-refractivity contribution in [2.24, 2.45) is 4.99 Å². The van der Waals surface area contributed by atoms with E-state index in [1.165, 1.54) is 36.5 Å². The number of rotatable bonds is 5. The average molecular weight is 513 g/mol. The van der Waals surface area contributed by atoms with Gasteiger partial charge in [0.25, 0.3) is 0 Å². The number of carbonyl (C=O) groups is 2. The Balaban J connectivity index is 1.54. The third kappa shape index (κ3) is 6.16. The molecule has 0 saturated heterocycles. The van der Waals surface area contributed by atoms with Crippen LogP contribution < -0.4 is 10.6 Å². The SMILES string of the molecule is O=C(NCc1ccc(C=Nc2ccc(Br)cc2F)o1)C(=O)Nc1cc(Cl)cc(Cl)c1. The number of amides is 2. The molecule has 0 fully saturated rings.